The van der Waals surface area contributed by atoms with Gasteiger partial charge in [-0.25, -0.2) is 64.7 Å². The predicted octanol–water partition coefficient (Wildman–Crippen LogP) is 28.1. The Morgan fingerprint density at radius 1 is 0.375 bits per heavy atom. The van der Waals surface area contributed by atoms with Gasteiger partial charge in [-0.3, -0.25) is 24.6 Å². The van der Waals surface area contributed by atoms with Crippen molar-refractivity contribution >= 4 is 39.0 Å². The van der Waals surface area contributed by atoms with Crippen molar-refractivity contribution in [1.29, 1.82) is 0 Å². The normalized spacial score (nSPS) is 28.2. The van der Waals surface area contributed by atoms with Gasteiger partial charge in [0.15, 0.2) is 0 Å². The molecule has 9 nitrogen and oxygen atoms in total. The Hall–Kier alpha value is -0.657. The molecular formula is C103H173LaN9Sc3Si4-3. The van der Waals surface area contributed by atoms with E-state index in [1.807, 2.05) is 74.5 Å². The van der Waals surface area contributed by atoms with E-state index in [1.165, 1.54) is 141 Å². The fraction of sp³-hybridized carbons (Fsp3) is 0.602. The maximum absolute atomic E-state index is 5.34. The summed E-state index contributed by atoms with van der Waals surface area (Å²) in [5, 5.41) is 0. The topological polar surface area (TPSA) is 82.2 Å². The van der Waals surface area contributed by atoms with Gasteiger partial charge in [0.2, 0.25) is 0 Å². The van der Waals surface area contributed by atoms with Gasteiger partial charge in [0.25, 0.3) is 0 Å². The molecule has 8 aliphatic carbocycles. The number of hydrogen-bond donors (Lipinski definition) is 0. The summed E-state index contributed by atoms with van der Waals surface area (Å²) in [6.45, 7) is 78.8. The molecule has 2 aromatic rings. The zero-order valence-corrected chi connectivity index (χ0v) is 94.5. The first-order valence-corrected chi connectivity index (χ1v) is 56.2. The molecule has 0 spiro atoms. The molecule has 16 unspecified atom stereocenters. The van der Waals surface area contributed by atoms with Crippen LogP contribution in [0.15, 0.2) is 177 Å². The first-order chi connectivity index (χ1) is 52.7. The zero-order chi connectivity index (χ0) is 82.5. The number of pyridine rings is 1. The van der Waals surface area contributed by atoms with Crippen LogP contribution in [-0.2, 0) is 77.5 Å². The van der Waals surface area contributed by atoms with Gasteiger partial charge in [0.05, 0.1) is 0 Å². The Morgan fingerprint density at radius 3 is 0.767 bits per heavy atom. The summed E-state index contributed by atoms with van der Waals surface area (Å²) < 4.78 is 0. The molecule has 120 heavy (non-hydrogen) atoms. The first-order valence-electron chi connectivity index (χ1n) is 44.1. The van der Waals surface area contributed by atoms with Crippen LogP contribution in [0.5, 0.6) is 0 Å². The molecule has 5 heterocycles. The summed E-state index contributed by atoms with van der Waals surface area (Å²) in [4.78, 5) is 36.5. The molecule has 17 heteroatoms. The van der Waals surface area contributed by atoms with E-state index in [2.05, 4.69) is 292 Å². The van der Waals surface area contributed by atoms with Crippen molar-refractivity contribution in [3.05, 3.63) is 271 Å². The van der Waals surface area contributed by atoms with E-state index in [1.54, 1.807) is 12.2 Å². The van der Waals surface area contributed by atoms with E-state index < -0.39 is 32.9 Å². The molecule has 4 saturated carbocycles. The van der Waals surface area contributed by atoms with Crippen LogP contribution in [-0.4, -0.2) is 156 Å². The van der Waals surface area contributed by atoms with Crippen molar-refractivity contribution in [2.24, 2.45) is 47.3 Å². The van der Waals surface area contributed by atoms with Gasteiger partial charge in [0.1, 0.15) is 0 Å². The Bertz CT molecular complexity index is 3090. The van der Waals surface area contributed by atoms with Crippen LogP contribution in [0.25, 0.3) is 26.0 Å². The van der Waals surface area contributed by atoms with E-state index >= 15 is 0 Å². The molecule has 14 rings (SSSR count). The Balaban J connectivity index is 0. The quantitative estimate of drug-likeness (QED) is 0.147. The van der Waals surface area contributed by atoms with Crippen LogP contribution in [0.4, 0.5) is 0 Å². The molecule has 8 fully saturated rings. The van der Waals surface area contributed by atoms with Gasteiger partial charge in [-0.05, 0) is 184 Å². The van der Waals surface area contributed by atoms with E-state index in [-0.39, 0.29) is 165 Å². The summed E-state index contributed by atoms with van der Waals surface area (Å²) in [7, 11) is -6.37. The van der Waals surface area contributed by atoms with Crippen LogP contribution in [0.1, 0.15) is 184 Å². The molecule has 0 bridgehead atoms. The minimum atomic E-state index is -1.59. The number of rotatable bonds is 13. The molecule has 4 aliphatic heterocycles. The Kier molecular flexibility index (Phi) is 56.8. The molecule has 1 radical (unpaired) electrons. The second kappa shape index (κ2) is 56.2. The minimum absolute atomic E-state index is 0. The number of aromatic nitrogens is 1. The summed E-state index contributed by atoms with van der Waals surface area (Å²) in [5.41, 5.74) is 6.65. The average molecular weight is 1920 g/mol. The SMILES string of the molecule is C=C[CH2-].CC(C)(C)[N-][Si](C)(C)C1CC(N2CCCC2)C2C=CC=CC21.CC(C)(C)[N-][Si](C)(C)C1CC(N2CCCC2)C2C=CC=CC21.CC(C)(C)[N-][Si](C)(C)C1CC(N2CCCC2)C2C=CC=CC21.CC(C)(C)[N-][Si](C)(C)C1CC(N2CCCC2)C2C=CC=CC21.[CH2-]/C=C/C.[CH2-]/C=C/c1ccccc1.[CH2-]c1cccc(C)n1.[CH3-].[CH3-].[CH3-].[CH3-].[La].[Sc+3].[Sc+3].[Sc+3]. The maximum atomic E-state index is 5.34. The van der Waals surface area contributed by atoms with Crippen molar-refractivity contribution < 1.29 is 113 Å². The number of hydrogen-bond acceptors (Lipinski definition) is 5. The molecule has 4 saturated heterocycles. The van der Waals surface area contributed by atoms with Crippen LogP contribution in [0.2, 0.25) is 74.5 Å². The number of allylic oxidation sites excluding steroid dienone is 16. The van der Waals surface area contributed by atoms with Gasteiger partial charge in [-0.15, -0.1) is 46.4 Å². The second-order valence-corrected chi connectivity index (χ2v) is 57.6. The van der Waals surface area contributed by atoms with Gasteiger partial charge in [-0.1, -0.05) is 324 Å². The largest absolute Gasteiger partial charge is 3.00 e. The van der Waals surface area contributed by atoms with Gasteiger partial charge in [0, 0.05) is 65.5 Å². The standard InChI is InChI=1S/4C19H33N2Si.C9H9.C7H8N.C4H7.C3H5.4CH3.La.3Sc/c4*1-19(2,3)20-22(4,5)18-14-17(21-12-8-9-13-21)15-10-6-7-11-16(15)18;1-2-6-9-7-4-3-5-8-9;1-6-4-3-5-7(2)8-6;1-3-4-2;1-3-2;;;;;;;;/h4*6-7,10-11,15-18H,8-9,12-14H2,1-5H3;2-8H,1H2;3-5H,1H2,2H3;3-4H,1H2,2H3;3H,1-2H2;4*1H3;;;;/q12*-1;;3*+3/b;;;;6-2+;;4-3+;;;;;;;;;. The third-order valence-electron chi connectivity index (χ3n) is 25.4. The molecular weight excluding hydrogens is 1750 g/mol. The first kappa shape index (κ1) is 121. The fourth-order valence-electron chi connectivity index (χ4n) is 22.0. The zero-order valence-electron chi connectivity index (χ0n) is 81.5. The van der Waals surface area contributed by atoms with Gasteiger partial charge >= 0.3 is 77.5 Å². The van der Waals surface area contributed by atoms with Crippen LogP contribution in [0.3, 0.4) is 0 Å². The Morgan fingerprint density at radius 2 is 0.592 bits per heavy atom. The Labute approximate surface area is 833 Å². The molecule has 1 aromatic heterocycles. The second-order valence-electron chi connectivity index (χ2n) is 40.5. The van der Waals surface area contributed by atoms with E-state index in [9.17, 15) is 0 Å². The summed E-state index contributed by atoms with van der Waals surface area (Å²) in [6.07, 6.45) is 63.7. The van der Waals surface area contributed by atoms with Gasteiger partial charge < -0.3 is 49.6 Å². The number of nitrogens with zero attached hydrogens (tertiary/aromatic N) is 9. The number of benzene rings is 1. The third-order valence-corrected chi connectivity index (χ3v) is 40.1. The summed E-state index contributed by atoms with van der Waals surface area (Å²) >= 11 is 0. The van der Waals surface area contributed by atoms with Crippen LogP contribution in [0, 0.1) is 147 Å². The smallest absolute Gasteiger partial charge is 0.660 e. The van der Waals surface area contributed by atoms with Crippen molar-refractivity contribution in [3.8, 4) is 0 Å². The molecule has 12 aliphatic rings. The number of fused-ring (bicyclic) bond motifs is 4. The van der Waals surface area contributed by atoms with Crippen molar-refractivity contribution in [2.45, 2.75) is 295 Å². The van der Waals surface area contributed by atoms with E-state index in [4.69, 9.17) is 19.9 Å². The average Bonchev–Trinajstić information content (AvgIpc) is 1.63. The van der Waals surface area contributed by atoms with Crippen LogP contribution >= 0.6 is 0 Å². The van der Waals surface area contributed by atoms with Crippen molar-refractivity contribution in [1.82, 2.24) is 24.6 Å². The predicted molar refractivity (Wildman–Crippen MR) is 531 cm³/mol. The van der Waals surface area contributed by atoms with E-state index in [0.717, 1.165) is 105 Å². The van der Waals surface area contributed by atoms with Crippen LogP contribution < -0.4 is 0 Å². The van der Waals surface area contributed by atoms with Crippen molar-refractivity contribution in [3.63, 3.8) is 0 Å². The fourth-order valence-corrected chi connectivity index (χ4v) is 38.0. The molecule has 0 amide bonds. The summed E-state index contributed by atoms with van der Waals surface area (Å²) in [5.74, 6) is 5.83. The number of aryl methyl sites for hydroxylation is 1. The maximum Gasteiger partial charge on any atom is 3.00 e. The molecule has 16 atom stereocenters. The molecule has 1 aromatic carbocycles. The number of likely N-dealkylation sites (tertiary alicyclic amines) is 4. The molecule has 0 N–H and O–H groups in total. The molecule has 661 valence electrons. The van der Waals surface area contributed by atoms with E-state index in [0.29, 0.717) is 0 Å². The third kappa shape index (κ3) is 37.7. The monoisotopic (exact) mass is 1920 g/mol. The summed E-state index contributed by atoms with van der Waals surface area (Å²) in [6, 6.07) is 18.9. The van der Waals surface area contributed by atoms with Crippen molar-refractivity contribution in [2.75, 3.05) is 52.4 Å². The minimum Gasteiger partial charge on any atom is -0.660 e. The van der Waals surface area contributed by atoms with Gasteiger partial charge in [-0.2, -0.15) is 6.07 Å².